The Balaban J connectivity index is 1.83. The molecule has 0 radical (unpaired) electrons. The summed E-state index contributed by atoms with van der Waals surface area (Å²) in [5.41, 5.74) is 0.621. The van der Waals surface area contributed by atoms with Crippen molar-refractivity contribution in [2.45, 2.75) is 13.1 Å². The van der Waals surface area contributed by atoms with Gasteiger partial charge >= 0.3 is 6.18 Å². The fourth-order valence-electron chi connectivity index (χ4n) is 2.40. The lowest BCUT2D eigenvalue weighted by Gasteiger charge is -2.10. The zero-order valence-electron chi connectivity index (χ0n) is 14.6. The van der Waals surface area contributed by atoms with Gasteiger partial charge in [0.05, 0.1) is 16.0 Å². The molecule has 0 aliphatic carbocycles. The molecule has 142 valence electrons. The fraction of sp³-hybridized carbons (Fsp3) is 0.0952. The summed E-state index contributed by atoms with van der Waals surface area (Å²) in [5.74, 6) is 4.86. The minimum atomic E-state index is -4.52. The van der Waals surface area contributed by atoms with Gasteiger partial charge in [0.1, 0.15) is 5.75 Å². The summed E-state index contributed by atoms with van der Waals surface area (Å²) in [6.45, 7) is 1.96. The van der Waals surface area contributed by atoms with Gasteiger partial charge in [-0.05, 0) is 60.3 Å². The number of nitrogens with one attached hydrogen (secondary N) is 1. The van der Waals surface area contributed by atoms with Gasteiger partial charge in [0.15, 0.2) is 0 Å². The van der Waals surface area contributed by atoms with Gasteiger partial charge in [-0.2, -0.15) is 13.2 Å². The highest BCUT2D eigenvalue weighted by Crippen LogP contribution is 2.31. The molecule has 1 amide bonds. The van der Waals surface area contributed by atoms with Crippen molar-refractivity contribution >= 4 is 22.9 Å². The molecule has 0 saturated carbocycles. The van der Waals surface area contributed by atoms with Crippen LogP contribution in [-0.4, -0.2) is 11.0 Å². The number of thiophene rings is 1. The van der Waals surface area contributed by atoms with E-state index in [2.05, 4.69) is 17.2 Å². The number of phenols is 1. The zero-order valence-corrected chi connectivity index (χ0v) is 15.4. The van der Waals surface area contributed by atoms with E-state index in [1.54, 1.807) is 6.07 Å². The summed E-state index contributed by atoms with van der Waals surface area (Å²) in [5, 5.41) is 14.3. The molecule has 0 fully saturated rings. The Morgan fingerprint density at radius 2 is 1.89 bits per heavy atom. The Hall–Kier alpha value is -3.24. The van der Waals surface area contributed by atoms with E-state index in [0.29, 0.717) is 5.56 Å². The largest absolute Gasteiger partial charge is 0.507 e. The molecule has 7 heteroatoms. The summed E-state index contributed by atoms with van der Waals surface area (Å²) in [6, 6.07) is 10.5. The van der Waals surface area contributed by atoms with Gasteiger partial charge < -0.3 is 10.4 Å². The topological polar surface area (TPSA) is 49.3 Å². The molecule has 0 unspecified atom stereocenters. The molecule has 1 heterocycles. The SMILES string of the molecule is Cc1csc(C#Cc2ccc(O)c(C(=O)Nc3cccc(C(F)(F)F)c3)c2)c1. The number of aromatic hydroxyl groups is 1. The molecule has 1 aromatic heterocycles. The van der Waals surface area contributed by atoms with Crippen LogP contribution < -0.4 is 5.32 Å². The molecular weight excluding hydrogens is 387 g/mol. The first-order chi connectivity index (χ1) is 13.2. The number of rotatable bonds is 2. The van der Waals surface area contributed by atoms with Gasteiger partial charge in [-0.3, -0.25) is 4.79 Å². The fourth-order valence-corrected chi connectivity index (χ4v) is 3.14. The predicted octanol–water partition coefficient (Wildman–Crippen LogP) is 5.43. The van der Waals surface area contributed by atoms with Crippen LogP contribution in [0.5, 0.6) is 5.75 Å². The van der Waals surface area contributed by atoms with Crippen LogP contribution in [0.4, 0.5) is 18.9 Å². The third kappa shape index (κ3) is 4.72. The Morgan fingerprint density at radius 3 is 2.57 bits per heavy atom. The summed E-state index contributed by atoms with van der Waals surface area (Å²) >= 11 is 1.49. The Bertz CT molecular complexity index is 1090. The normalized spacial score (nSPS) is 10.9. The first-order valence-electron chi connectivity index (χ1n) is 8.11. The molecule has 3 aromatic rings. The number of hydrogen-bond donors (Lipinski definition) is 2. The lowest BCUT2D eigenvalue weighted by atomic mass is 10.1. The van der Waals surface area contributed by atoms with E-state index in [0.717, 1.165) is 22.6 Å². The maximum atomic E-state index is 12.8. The second kappa shape index (κ2) is 7.79. The molecule has 3 rings (SSSR count). The van der Waals surface area contributed by atoms with Crippen LogP contribution in [-0.2, 0) is 6.18 Å². The van der Waals surface area contributed by atoms with E-state index >= 15 is 0 Å². The second-order valence-corrected chi connectivity index (χ2v) is 6.91. The number of amides is 1. The molecule has 0 aliphatic rings. The van der Waals surface area contributed by atoms with Gasteiger partial charge in [-0.15, -0.1) is 11.3 Å². The Morgan fingerprint density at radius 1 is 1.11 bits per heavy atom. The standard InChI is InChI=1S/C21H14F3NO2S/c1-13-9-17(28-12-13)7-5-14-6-8-19(26)18(10-14)20(27)25-16-4-2-3-15(11-16)21(22,23)24/h2-4,6,8-12,26H,1H3,(H,25,27). The van der Waals surface area contributed by atoms with Crippen molar-refractivity contribution in [1.82, 2.24) is 0 Å². The van der Waals surface area contributed by atoms with Crippen molar-refractivity contribution < 1.29 is 23.1 Å². The van der Waals surface area contributed by atoms with Crippen molar-refractivity contribution in [3.05, 3.63) is 81.0 Å². The highest BCUT2D eigenvalue weighted by molar-refractivity contribution is 7.10. The molecule has 28 heavy (non-hydrogen) atoms. The average molecular weight is 401 g/mol. The Labute approximate surface area is 163 Å². The monoisotopic (exact) mass is 401 g/mol. The van der Waals surface area contributed by atoms with Crippen molar-refractivity contribution in [2.75, 3.05) is 5.32 Å². The van der Waals surface area contributed by atoms with Crippen molar-refractivity contribution in [1.29, 1.82) is 0 Å². The zero-order chi connectivity index (χ0) is 20.3. The molecule has 3 nitrogen and oxygen atoms in total. The number of anilines is 1. The average Bonchev–Trinajstić information content (AvgIpc) is 3.06. The molecule has 2 aromatic carbocycles. The van der Waals surface area contributed by atoms with Crippen LogP contribution in [0.25, 0.3) is 0 Å². The third-order valence-electron chi connectivity index (χ3n) is 3.75. The first-order valence-corrected chi connectivity index (χ1v) is 8.99. The molecule has 0 spiro atoms. The van der Waals surface area contributed by atoms with Crippen molar-refractivity contribution in [3.63, 3.8) is 0 Å². The van der Waals surface area contributed by atoms with Crippen molar-refractivity contribution in [2.24, 2.45) is 0 Å². The lowest BCUT2D eigenvalue weighted by molar-refractivity contribution is -0.137. The number of aryl methyl sites for hydroxylation is 1. The van der Waals surface area contributed by atoms with Crippen LogP contribution in [0, 0.1) is 18.8 Å². The van der Waals surface area contributed by atoms with Gasteiger partial charge in [-0.1, -0.05) is 17.9 Å². The molecular formula is C21H14F3NO2S. The molecule has 0 saturated heterocycles. The minimum absolute atomic E-state index is 0.0234. The van der Waals surface area contributed by atoms with Gasteiger partial charge in [0.25, 0.3) is 5.91 Å². The van der Waals surface area contributed by atoms with Crippen LogP contribution in [0.2, 0.25) is 0 Å². The van der Waals surface area contributed by atoms with Gasteiger partial charge in [-0.25, -0.2) is 0 Å². The third-order valence-corrected chi connectivity index (χ3v) is 4.71. The van der Waals surface area contributed by atoms with Gasteiger partial charge in [0.2, 0.25) is 0 Å². The minimum Gasteiger partial charge on any atom is -0.507 e. The molecule has 0 aliphatic heterocycles. The highest BCUT2D eigenvalue weighted by Gasteiger charge is 2.30. The highest BCUT2D eigenvalue weighted by atomic mass is 32.1. The van der Waals surface area contributed by atoms with E-state index in [1.165, 1.54) is 35.6 Å². The summed E-state index contributed by atoms with van der Waals surface area (Å²) < 4.78 is 38.4. The number of halogens is 3. The van der Waals surface area contributed by atoms with E-state index in [-0.39, 0.29) is 17.0 Å². The summed E-state index contributed by atoms with van der Waals surface area (Å²) in [4.78, 5) is 13.3. The Kier molecular flexibility index (Phi) is 5.43. The summed E-state index contributed by atoms with van der Waals surface area (Å²) in [7, 11) is 0. The first kappa shape index (κ1) is 19.5. The summed E-state index contributed by atoms with van der Waals surface area (Å²) in [6.07, 6.45) is -4.52. The van der Waals surface area contributed by atoms with Crippen molar-refractivity contribution in [3.8, 4) is 17.6 Å². The van der Waals surface area contributed by atoms with Crippen LogP contribution in [0.15, 0.2) is 53.9 Å². The molecule has 2 N–H and O–H groups in total. The predicted molar refractivity (Wildman–Crippen MR) is 103 cm³/mol. The number of phenolic OH excluding ortho intramolecular Hbond substituents is 1. The number of carbonyl (C=O) groups is 1. The van der Waals surface area contributed by atoms with Crippen LogP contribution in [0.1, 0.15) is 31.9 Å². The van der Waals surface area contributed by atoms with Gasteiger partial charge in [0, 0.05) is 11.3 Å². The smallest absolute Gasteiger partial charge is 0.416 e. The van der Waals surface area contributed by atoms with E-state index in [9.17, 15) is 23.1 Å². The van der Waals surface area contributed by atoms with Crippen LogP contribution in [0.3, 0.4) is 0 Å². The quantitative estimate of drug-likeness (QED) is 0.563. The van der Waals surface area contributed by atoms with E-state index in [4.69, 9.17) is 0 Å². The number of alkyl halides is 3. The maximum absolute atomic E-state index is 12.8. The van der Waals surface area contributed by atoms with Crippen LogP contribution >= 0.6 is 11.3 Å². The number of carbonyl (C=O) groups excluding carboxylic acids is 1. The number of hydrogen-bond acceptors (Lipinski definition) is 3. The maximum Gasteiger partial charge on any atom is 0.416 e. The molecule has 0 bridgehead atoms. The van der Waals surface area contributed by atoms with E-state index < -0.39 is 17.6 Å². The lowest BCUT2D eigenvalue weighted by Crippen LogP contribution is -2.13. The molecule has 0 atom stereocenters. The second-order valence-electron chi connectivity index (χ2n) is 6.00. The number of benzene rings is 2. The van der Waals surface area contributed by atoms with E-state index in [1.807, 2.05) is 18.4 Å².